The first-order chi connectivity index (χ1) is 14.3. The van der Waals surface area contributed by atoms with E-state index < -0.39 is 4.92 Å². The van der Waals surface area contributed by atoms with Gasteiger partial charge in [-0.3, -0.25) is 19.7 Å². The van der Waals surface area contributed by atoms with Gasteiger partial charge in [-0.25, -0.2) is 9.67 Å². The Kier molecular flexibility index (Phi) is 6.48. The Bertz CT molecular complexity index is 1160. The summed E-state index contributed by atoms with van der Waals surface area (Å²) in [7, 11) is 0. The van der Waals surface area contributed by atoms with Gasteiger partial charge < -0.3 is 5.32 Å². The number of aryl methyl sites for hydroxylation is 2. The molecule has 0 unspecified atom stereocenters. The molecule has 3 aromatic rings. The van der Waals surface area contributed by atoms with Crippen molar-refractivity contribution in [1.29, 1.82) is 0 Å². The molecular formula is C20H19N5O4S. The van der Waals surface area contributed by atoms with E-state index in [0.29, 0.717) is 11.3 Å². The lowest BCUT2D eigenvalue weighted by molar-refractivity contribution is -0.384. The van der Waals surface area contributed by atoms with Crippen LogP contribution in [0.1, 0.15) is 16.3 Å². The molecule has 0 fully saturated rings. The minimum atomic E-state index is -0.484. The summed E-state index contributed by atoms with van der Waals surface area (Å²) in [5, 5.41) is 18.6. The fourth-order valence-corrected chi connectivity index (χ4v) is 3.61. The number of nitrogens with zero attached hydrogens (tertiary/aromatic N) is 4. The summed E-state index contributed by atoms with van der Waals surface area (Å²) in [5.41, 5.74) is 1.92. The van der Waals surface area contributed by atoms with Crippen LogP contribution in [0.4, 0.5) is 5.69 Å². The number of nitro benzene ring substituents is 1. The van der Waals surface area contributed by atoms with Crippen molar-refractivity contribution in [1.82, 2.24) is 20.1 Å². The van der Waals surface area contributed by atoms with Gasteiger partial charge in [0.05, 0.1) is 27.0 Å². The molecule has 0 spiro atoms. The normalized spacial score (nSPS) is 11.0. The second kappa shape index (κ2) is 9.23. The van der Waals surface area contributed by atoms with E-state index in [1.807, 2.05) is 13.8 Å². The SMILES string of the molecule is Cc1nc(C)c(-c2ccc(=O)n(CCNC(=O)/C=C\c3ccc([N+](=O)[O-])cc3)n2)s1. The quantitative estimate of drug-likeness (QED) is 0.353. The van der Waals surface area contributed by atoms with E-state index in [0.717, 1.165) is 15.6 Å². The number of benzene rings is 1. The lowest BCUT2D eigenvalue weighted by atomic mass is 10.2. The van der Waals surface area contributed by atoms with Crippen LogP contribution < -0.4 is 10.9 Å². The van der Waals surface area contributed by atoms with Crippen molar-refractivity contribution in [2.75, 3.05) is 6.54 Å². The lowest BCUT2D eigenvalue weighted by Gasteiger charge is -2.07. The number of amides is 1. The van der Waals surface area contributed by atoms with Crippen molar-refractivity contribution in [2.24, 2.45) is 0 Å². The van der Waals surface area contributed by atoms with E-state index >= 15 is 0 Å². The van der Waals surface area contributed by atoms with E-state index in [4.69, 9.17) is 0 Å². The number of carbonyl (C=O) groups is 1. The van der Waals surface area contributed by atoms with Gasteiger partial charge >= 0.3 is 0 Å². The van der Waals surface area contributed by atoms with Gasteiger partial charge in [-0.2, -0.15) is 5.10 Å². The van der Waals surface area contributed by atoms with Crippen LogP contribution in [-0.2, 0) is 11.3 Å². The van der Waals surface area contributed by atoms with Crippen LogP contribution in [-0.4, -0.2) is 32.1 Å². The molecule has 0 bridgehead atoms. The molecule has 0 saturated heterocycles. The van der Waals surface area contributed by atoms with Gasteiger partial charge in [-0.05, 0) is 43.7 Å². The van der Waals surface area contributed by atoms with Crippen LogP contribution >= 0.6 is 11.3 Å². The van der Waals surface area contributed by atoms with Crippen LogP contribution in [0.2, 0.25) is 0 Å². The number of carbonyl (C=O) groups excluding carboxylic acids is 1. The van der Waals surface area contributed by atoms with Gasteiger partial charge in [-0.1, -0.05) is 0 Å². The highest BCUT2D eigenvalue weighted by molar-refractivity contribution is 7.15. The Hall–Kier alpha value is -3.66. The summed E-state index contributed by atoms with van der Waals surface area (Å²) in [6.45, 7) is 4.26. The van der Waals surface area contributed by atoms with Gasteiger partial charge in [0.1, 0.15) is 5.69 Å². The fraction of sp³-hybridized carbons (Fsp3) is 0.200. The zero-order valence-electron chi connectivity index (χ0n) is 16.4. The van der Waals surface area contributed by atoms with Crippen LogP contribution in [0.3, 0.4) is 0 Å². The van der Waals surface area contributed by atoms with Gasteiger partial charge in [0, 0.05) is 30.8 Å². The average Bonchev–Trinajstić information content (AvgIpc) is 3.06. The van der Waals surface area contributed by atoms with E-state index in [-0.39, 0.29) is 30.2 Å². The molecule has 0 atom stereocenters. The molecule has 0 saturated carbocycles. The van der Waals surface area contributed by atoms with Gasteiger partial charge in [0.25, 0.3) is 11.2 Å². The van der Waals surface area contributed by atoms with Gasteiger partial charge in [0.2, 0.25) is 5.91 Å². The highest BCUT2D eigenvalue weighted by Crippen LogP contribution is 2.27. The summed E-state index contributed by atoms with van der Waals surface area (Å²) < 4.78 is 1.31. The van der Waals surface area contributed by atoms with Crippen molar-refractivity contribution in [3.05, 3.63) is 79.2 Å². The van der Waals surface area contributed by atoms with E-state index in [1.165, 1.54) is 40.3 Å². The topological polar surface area (TPSA) is 120 Å². The Morgan fingerprint density at radius 3 is 2.60 bits per heavy atom. The van der Waals surface area contributed by atoms with Crippen LogP contribution in [0.25, 0.3) is 16.6 Å². The monoisotopic (exact) mass is 425 g/mol. The Balaban J connectivity index is 1.58. The predicted molar refractivity (Wildman–Crippen MR) is 114 cm³/mol. The number of hydrogen-bond acceptors (Lipinski definition) is 7. The maximum absolute atomic E-state index is 12.1. The minimum absolute atomic E-state index is 0.0135. The largest absolute Gasteiger partial charge is 0.351 e. The summed E-state index contributed by atoms with van der Waals surface area (Å²) in [5.74, 6) is -0.341. The first kappa shape index (κ1) is 21.1. The second-order valence-electron chi connectivity index (χ2n) is 6.40. The molecule has 1 N–H and O–H groups in total. The summed E-state index contributed by atoms with van der Waals surface area (Å²) in [6.07, 6.45) is 2.89. The Morgan fingerprint density at radius 1 is 1.23 bits per heavy atom. The van der Waals surface area contributed by atoms with Crippen LogP contribution in [0.5, 0.6) is 0 Å². The molecule has 3 rings (SSSR count). The zero-order chi connectivity index (χ0) is 21.7. The first-order valence-corrected chi connectivity index (χ1v) is 9.88. The third kappa shape index (κ3) is 5.23. The van der Waals surface area contributed by atoms with Crippen molar-refractivity contribution < 1.29 is 9.72 Å². The maximum atomic E-state index is 12.1. The zero-order valence-corrected chi connectivity index (χ0v) is 17.2. The average molecular weight is 425 g/mol. The minimum Gasteiger partial charge on any atom is -0.351 e. The molecule has 0 radical (unpaired) electrons. The first-order valence-electron chi connectivity index (χ1n) is 9.06. The molecule has 0 aliphatic carbocycles. The second-order valence-corrected chi connectivity index (χ2v) is 7.60. The number of rotatable bonds is 7. The van der Waals surface area contributed by atoms with Crippen LogP contribution in [0, 0.1) is 24.0 Å². The molecule has 1 amide bonds. The van der Waals surface area contributed by atoms with Crippen molar-refractivity contribution >= 4 is 29.0 Å². The van der Waals surface area contributed by atoms with E-state index in [2.05, 4.69) is 15.4 Å². The molecule has 30 heavy (non-hydrogen) atoms. The number of aromatic nitrogens is 3. The third-order valence-electron chi connectivity index (χ3n) is 4.16. The fourth-order valence-electron chi connectivity index (χ4n) is 2.72. The third-order valence-corrected chi connectivity index (χ3v) is 5.25. The highest BCUT2D eigenvalue weighted by Gasteiger charge is 2.10. The number of hydrogen-bond donors (Lipinski definition) is 1. The van der Waals surface area contributed by atoms with Gasteiger partial charge in [0.15, 0.2) is 0 Å². The Labute approximate surface area is 175 Å². The summed E-state index contributed by atoms with van der Waals surface area (Å²) >= 11 is 1.51. The predicted octanol–water partition coefficient (Wildman–Crippen LogP) is 2.72. The number of non-ortho nitro benzene ring substituents is 1. The summed E-state index contributed by atoms with van der Waals surface area (Å²) in [4.78, 5) is 39.5. The lowest BCUT2D eigenvalue weighted by Crippen LogP contribution is -2.31. The molecule has 2 heterocycles. The van der Waals surface area contributed by atoms with Crippen molar-refractivity contribution in [3.8, 4) is 10.6 Å². The highest BCUT2D eigenvalue weighted by atomic mass is 32.1. The van der Waals surface area contributed by atoms with Crippen molar-refractivity contribution in [3.63, 3.8) is 0 Å². The maximum Gasteiger partial charge on any atom is 0.269 e. The number of nitro groups is 1. The molecule has 1 aromatic carbocycles. The van der Waals surface area contributed by atoms with Crippen molar-refractivity contribution in [2.45, 2.75) is 20.4 Å². The summed E-state index contributed by atoms with van der Waals surface area (Å²) in [6, 6.07) is 8.97. The molecule has 0 aliphatic rings. The smallest absolute Gasteiger partial charge is 0.269 e. The Morgan fingerprint density at radius 2 is 1.97 bits per heavy atom. The van der Waals surface area contributed by atoms with Crippen LogP contribution in [0.15, 0.2) is 47.3 Å². The molecular weight excluding hydrogens is 406 g/mol. The number of thiazole rings is 1. The van der Waals surface area contributed by atoms with E-state index in [9.17, 15) is 19.7 Å². The molecule has 10 heteroatoms. The molecule has 9 nitrogen and oxygen atoms in total. The standard InChI is InChI=1S/C20H19N5O4S/c1-13-20(30-14(2)22-13)17-8-10-19(27)24(23-17)12-11-21-18(26)9-5-15-3-6-16(7-4-15)25(28)29/h3-10H,11-12H2,1-2H3,(H,21,26)/b9-5-. The number of nitrogens with one attached hydrogen (secondary N) is 1. The van der Waals surface area contributed by atoms with Gasteiger partial charge in [-0.15, -0.1) is 11.3 Å². The molecule has 2 aromatic heterocycles. The van der Waals surface area contributed by atoms with E-state index in [1.54, 1.807) is 24.3 Å². The molecule has 154 valence electrons. The molecule has 0 aliphatic heterocycles.